The number of amides is 1. The second-order valence-electron chi connectivity index (χ2n) is 3.50. The van der Waals surface area contributed by atoms with Crippen LogP contribution in [0.2, 0.25) is 0 Å². The summed E-state index contributed by atoms with van der Waals surface area (Å²) < 4.78 is 4.27. The minimum absolute atomic E-state index is 0.572. The summed E-state index contributed by atoms with van der Waals surface area (Å²) >= 11 is 0. The van der Waals surface area contributed by atoms with E-state index >= 15 is 0 Å². The molecule has 0 unspecified atom stereocenters. The fraction of sp³-hybridized carbons (Fsp3) is 0. The van der Waals surface area contributed by atoms with Crippen molar-refractivity contribution in [1.82, 2.24) is 0 Å². The van der Waals surface area contributed by atoms with Gasteiger partial charge in [-0.05, 0) is 23.3 Å². The van der Waals surface area contributed by atoms with Crippen molar-refractivity contribution in [2.24, 2.45) is 0 Å². The summed E-state index contributed by atoms with van der Waals surface area (Å²) in [6.07, 6.45) is -0.572. The molecule has 17 heavy (non-hydrogen) atoms. The van der Waals surface area contributed by atoms with Crippen LogP contribution in [0.3, 0.4) is 0 Å². The van der Waals surface area contributed by atoms with Crippen LogP contribution < -0.4 is 5.32 Å². The number of anilines is 1. The van der Waals surface area contributed by atoms with Crippen LogP contribution in [0.5, 0.6) is 0 Å². The first kappa shape index (κ1) is 11.2. The molecule has 0 aliphatic heterocycles. The lowest BCUT2D eigenvalue weighted by Gasteiger charge is -2.05. The molecule has 0 bridgehead atoms. The van der Waals surface area contributed by atoms with Gasteiger partial charge in [0.1, 0.15) is 7.11 Å². The van der Waals surface area contributed by atoms with Crippen LogP contribution in [-0.2, 0) is 4.74 Å². The van der Waals surface area contributed by atoms with Crippen LogP contribution >= 0.6 is 0 Å². The maximum absolute atomic E-state index is 10.9. The minimum atomic E-state index is -0.572. The molecule has 1 amide bonds. The van der Waals surface area contributed by atoms with Gasteiger partial charge in [-0.15, -0.1) is 0 Å². The van der Waals surface area contributed by atoms with Gasteiger partial charge in [0.15, 0.2) is 0 Å². The molecule has 0 spiro atoms. The smallest absolute Gasteiger partial charge is 0.411 e. The van der Waals surface area contributed by atoms with E-state index in [1.165, 1.54) is 0 Å². The Hall–Kier alpha value is -2.29. The number of hydrogen-bond donors (Lipinski definition) is 1. The van der Waals surface area contributed by atoms with Crippen molar-refractivity contribution in [3.8, 4) is 11.1 Å². The number of nitrogens with one attached hydrogen (secondary N) is 1. The van der Waals surface area contributed by atoms with Crippen LogP contribution in [-0.4, -0.2) is 6.09 Å². The normalized spacial score (nSPS) is 9.71. The zero-order valence-electron chi connectivity index (χ0n) is 9.22. The summed E-state index contributed by atoms with van der Waals surface area (Å²) in [5.74, 6) is 0. The largest absolute Gasteiger partial charge is 0.446 e. The molecule has 0 fully saturated rings. The average molecular weight is 226 g/mol. The standard InChI is InChI=1S/C14H12NO2/c1-17-14(16)15-13-9-7-12(8-10-13)11-5-3-2-4-6-11/h2-10H,1H2,(H,15,16). The molecular weight excluding hydrogens is 214 g/mol. The van der Waals surface area contributed by atoms with E-state index in [2.05, 4.69) is 17.2 Å². The van der Waals surface area contributed by atoms with E-state index in [9.17, 15) is 4.79 Å². The number of rotatable bonds is 2. The summed E-state index contributed by atoms with van der Waals surface area (Å²) in [7, 11) is 3.03. The van der Waals surface area contributed by atoms with E-state index in [-0.39, 0.29) is 0 Å². The second-order valence-corrected chi connectivity index (χ2v) is 3.50. The third-order valence-electron chi connectivity index (χ3n) is 2.37. The Bertz CT molecular complexity index is 491. The van der Waals surface area contributed by atoms with Gasteiger partial charge in [0.2, 0.25) is 0 Å². The third kappa shape index (κ3) is 2.84. The average Bonchev–Trinajstić information content (AvgIpc) is 2.40. The van der Waals surface area contributed by atoms with Crippen LogP contribution in [0.25, 0.3) is 11.1 Å². The van der Waals surface area contributed by atoms with Crippen LogP contribution in [0.1, 0.15) is 0 Å². The monoisotopic (exact) mass is 226 g/mol. The topological polar surface area (TPSA) is 38.3 Å². The highest BCUT2D eigenvalue weighted by molar-refractivity contribution is 5.85. The maximum atomic E-state index is 10.9. The molecule has 0 aliphatic carbocycles. The lowest BCUT2D eigenvalue weighted by molar-refractivity contribution is 0.199. The van der Waals surface area contributed by atoms with Crippen molar-refractivity contribution >= 4 is 11.8 Å². The van der Waals surface area contributed by atoms with E-state index in [1.54, 1.807) is 0 Å². The Morgan fingerprint density at radius 3 is 2.12 bits per heavy atom. The summed E-state index contributed by atoms with van der Waals surface area (Å²) in [4.78, 5) is 10.9. The summed E-state index contributed by atoms with van der Waals surface area (Å²) in [5.41, 5.74) is 2.91. The van der Waals surface area contributed by atoms with Crippen molar-refractivity contribution in [2.45, 2.75) is 0 Å². The van der Waals surface area contributed by atoms with Gasteiger partial charge in [-0.3, -0.25) is 5.32 Å². The lowest BCUT2D eigenvalue weighted by Crippen LogP contribution is -2.09. The highest BCUT2D eigenvalue weighted by Gasteiger charge is 2.01. The van der Waals surface area contributed by atoms with Gasteiger partial charge in [0.05, 0.1) is 0 Å². The number of hydrogen-bond acceptors (Lipinski definition) is 2. The number of benzene rings is 2. The van der Waals surface area contributed by atoms with E-state index in [0.29, 0.717) is 5.69 Å². The molecule has 0 saturated carbocycles. The van der Waals surface area contributed by atoms with Gasteiger partial charge in [-0.1, -0.05) is 42.5 Å². The first-order chi connectivity index (χ1) is 8.29. The fourth-order valence-corrected chi connectivity index (χ4v) is 1.53. The van der Waals surface area contributed by atoms with Crippen molar-refractivity contribution in [2.75, 3.05) is 5.32 Å². The molecule has 85 valence electrons. The molecule has 0 heterocycles. The van der Waals surface area contributed by atoms with Gasteiger partial charge in [-0.2, -0.15) is 0 Å². The highest BCUT2D eigenvalue weighted by atomic mass is 16.5. The molecule has 2 aromatic rings. The first-order valence-corrected chi connectivity index (χ1v) is 5.18. The molecule has 0 atom stereocenters. The number of carbonyl (C=O) groups excluding carboxylic acids is 1. The van der Waals surface area contributed by atoms with E-state index in [0.717, 1.165) is 11.1 Å². The predicted molar refractivity (Wildman–Crippen MR) is 67.3 cm³/mol. The molecule has 0 aliphatic rings. The van der Waals surface area contributed by atoms with Crippen LogP contribution in [0, 0.1) is 7.11 Å². The van der Waals surface area contributed by atoms with E-state index < -0.39 is 6.09 Å². The van der Waals surface area contributed by atoms with Gasteiger partial charge < -0.3 is 4.74 Å². The Labute approximate surface area is 100 Å². The molecular formula is C14H12NO2. The molecule has 1 N–H and O–H groups in total. The van der Waals surface area contributed by atoms with Crippen LogP contribution in [0.15, 0.2) is 54.6 Å². The SMILES string of the molecule is [CH2]OC(=O)Nc1ccc(-c2ccccc2)cc1. The highest BCUT2D eigenvalue weighted by Crippen LogP contribution is 2.20. The van der Waals surface area contributed by atoms with Gasteiger partial charge in [0.25, 0.3) is 0 Å². The Kier molecular flexibility index (Phi) is 3.40. The zero-order chi connectivity index (χ0) is 12.1. The molecule has 2 aromatic carbocycles. The van der Waals surface area contributed by atoms with Gasteiger partial charge in [-0.25, -0.2) is 4.79 Å². The van der Waals surface area contributed by atoms with Crippen molar-refractivity contribution in [3.63, 3.8) is 0 Å². The zero-order valence-corrected chi connectivity index (χ0v) is 9.22. The minimum Gasteiger partial charge on any atom is -0.446 e. The van der Waals surface area contributed by atoms with Crippen molar-refractivity contribution < 1.29 is 9.53 Å². The second kappa shape index (κ2) is 5.16. The predicted octanol–water partition coefficient (Wildman–Crippen LogP) is 3.69. The van der Waals surface area contributed by atoms with E-state index in [4.69, 9.17) is 0 Å². The summed E-state index contributed by atoms with van der Waals surface area (Å²) in [5, 5.41) is 2.55. The quantitative estimate of drug-likeness (QED) is 0.848. The molecule has 2 rings (SSSR count). The van der Waals surface area contributed by atoms with Crippen molar-refractivity contribution in [3.05, 3.63) is 61.7 Å². The Morgan fingerprint density at radius 1 is 0.941 bits per heavy atom. The Morgan fingerprint density at radius 2 is 1.53 bits per heavy atom. The maximum Gasteiger partial charge on any atom is 0.411 e. The van der Waals surface area contributed by atoms with Crippen molar-refractivity contribution in [1.29, 1.82) is 0 Å². The molecule has 3 nitrogen and oxygen atoms in total. The van der Waals surface area contributed by atoms with Gasteiger partial charge in [0, 0.05) is 5.69 Å². The summed E-state index contributed by atoms with van der Waals surface area (Å²) in [6.45, 7) is 0. The summed E-state index contributed by atoms with van der Waals surface area (Å²) in [6, 6.07) is 17.5. The molecule has 0 saturated heterocycles. The molecule has 1 radical (unpaired) electrons. The third-order valence-corrected chi connectivity index (χ3v) is 2.37. The lowest BCUT2D eigenvalue weighted by atomic mass is 10.1. The molecule has 3 heteroatoms. The number of carbonyl (C=O) groups is 1. The van der Waals surface area contributed by atoms with Crippen LogP contribution in [0.4, 0.5) is 10.5 Å². The fourth-order valence-electron chi connectivity index (χ4n) is 1.53. The van der Waals surface area contributed by atoms with E-state index in [1.807, 2.05) is 54.6 Å². The Balaban J connectivity index is 2.16. The molecule has 0 aromatic heterocycles. The van der Waals surface area contributed by atoms with Gasteiger partial charge >= 0.3 is 6.09 Å². The first-order valence-electron chi connectivity index (χ1n) is 5.18. The number of ether oxygens (including phenoxy) is 1.